The number of carbonyl (C=O) groups excluding carboxylic acids is 2. The summed E-state index contributed by atoms with van der Waals surface area (Å²) >= 11 is 0. The minimum absolute atomic E-state index is 0.0181. The van der Waals surface area contributed by atoms with Gasteiger partial charge in [-0.3, -0.25) is 9.59 Å². The molecule has 0 bridgehead atoms. The van der Waals surface area contributed by atoms with E-state index in [1.54, 1.807) is 0 Å². The molecule has 2 aromatic rings. The summed E-state index contributed by atoms with van der Waals surface area (Å²) in [4.78, 5) is 28.3. The second kappa shape index (κ2) is 8.71. The molecule has 0 spiro atoms. The number of amides is 2. The van der Waals surface area contributed by atoms with Crippen LogP contribution in [0.5, 0.6) is 0 Å². The summed E-state index contributed by atoms with van der Waals surface area (Å²) in [6.07, 6.45) is 2.45. The Hall–Kier alpha value is -2.82. The maximum atomic E-state index is 12.4. The lowest BCUT2D eigenvalue weighted by Crippen LogP contribution is -2.39. The number of carbonyl (C=O) groups is 2. The van der Waals surface area contributed by atoms with Crippen molar-refractivity contribution in [1.29, 1.82) is 0 Å². The number of benzene rings is 2. The molecule has 0 saturated carbocycles. The lowest BCUT2D eigenvalue weighted by molar-refractivity contribution is -0.123. The zero-order valence-electron chi connectivity index (χ0n) is 16.1. The van der Waals surface area contributed by atoms with Crippen molar-refractivity contribution in [1.82, 2.24) is 5.32 Å². The quantitative estimate of drug-likeness (QED) is 0.855. The SMILES string of the molecule is CC(=O)N(CC(=O)NCc1cccc(C)c1)c1ccc(N2CCCC2)cc1. The van der Waals surface area contributed by atoms with E-state index < -0.39 is 0 Å². The Morgan fingerprint density at radius 1 is 1.07 bits per heavy atom. The van der Waals surface area contributed by atoms with Crippen molar-refractivity contribution in [3.8, 4) is 0 Å². The Morgan fingerprint density at radius 3 is 2.41 bits per heavy atom. The summed E-state index contributed by atoms with van der Waals surface area (Å²) in [6.45, 7) is 6.15. The Kier molecular flexibility index (Phi) is 6.12. The van der Waals surface area contributed by atoms with Crippen molar-refractivity contribution in [2.24, 2.45) is 0 Å². The van der Waals surface area contributed by atoms with Crippen LogP contribution in [0.1, 0.15) is 30.9 Å². The van der Waals surface area contributed by atoms with Crippen LogP contribution < -0.4 is 15.1 Å². The third-order valence-corrected chi connectivity index (χ3v) is 4.89. The van der Waals surface area contributed by atoms with Crippen LogP contribution in [0.4, 0.5) is 11.4 Å². The Bertz CT molecular complexity index is 795. The fourth-order valence-electron chi connectivity index (χ4n) is 3.43. The van der Waals surface area contributed by atoms with Gasteiger partial charge in [-0.05, 0) is 49.6 Å². The second-order valence-corrected chi connectivity index (χ2v) is 7.08. The van der Waals surface area contributed by atoms with Crippen LogP contribution in [0.25, 0.3) is 0 Å². The second-order valence-electron chi connectivity index (χ2n) is 7.08. The summed E-state index contributed by atoms with van der Waals surface area (Å²) in [7, 11) is 0. The number of nitrogens with one attached hydrogen (secondary N) is 1. The van der Waals surface area contributed by atoms with Crippen LogP contribution in [0, 0.1) is 6.92 Å². The first kappa shape index (κ1) is 19.0. The largest absolute Gasteiger partial charge is 0.372 e. The first-order chi connectivity index (χ1) is 13.0. The van der Waals surface area contributed by atoms with Crippen LogP contribution in [-0.4, -0.2) is 31.4 Å². The van der Waals surface area contributed by atoms with E-state index in [1.807, 2.05) is 55.5 Å². The molecule has 0 unspecified atom stereocenters. The lowest BCUT2D eigenvalue weighted by atomic mass is 10.1. The van der Waals surface area contributed by atoms with Gasteiger partial charge in [-0.2, -0.15) is 0 Å². The Balaban J connectivity index is 1.61. The molecule has 0 atom stereocenters. The summed E-state index contributed by atoms with van der Waals surface area (Å²) in [5.41, 5.74) is 4.12. The van der Waals surface area contributed by atoms with Crippen molar-refractivity contribution in [3.63, 3.8) is 0 Å². The molecule has 0 aromatic heterocycles. The highest BCUT2D eigenvalue weighted by Crippen LogP contribution is 2.24. The van der Waals surface area contributed by atoms with Gasteiger partial charge in [-0.1, -0.05) is 29.8 Å². The third kappa shape index (κ3) is 5.09. The van der Waals surface area contributed by atoms with Crippen LogP contribution in [-0.2, 0) is 16.1 Å². The summed E-state index contributed by atoms with van der Waals surface area (Å²) in [5, 5.41) is 2.90. The zero-order chi connectivity index (χ0) is 19.2. The average Bonchev–Trinajstić information content (AvgIpc) is 3.19. The number of rotatable bonds is 6. The average molecular weight is 365 g/mol. The normalized spacial score (nSPS) is 13.5. The van der Waals surface area contributed by atoms with Gasteiger partial charge in [0.05, 0.1) is 0 Å². The zero-order valence-corrected chi connectivity index (χ0v) is 16.1. The monoisotopic (exact) mass is 365 g/mol. The van der Waals surface area contributed by atoms with Gasteiger partial charge in [0.15, 0.2) is 0 Å². The molecule has 1 aliphatic rings. The highest BCUT2D eigenvalue weighted by molar-refractivity contribution is 5.97. The molecule has 1 fully saturated rings. The van der Waals surface area contributed by atoms with Gasteiger partial charge < -0.3 is 15.1 Å². The molecule has 1 saturated heterocycles. The van der Waals surface area contributed by atoms with Crippen LogP contribution in [0.3, 0.4) is 0 Å². The molecule has 1 N–H and O–H groups in total. The molecule has 5 heteroatoms. The maximum Gasteiger partial charge on any atom is 0.240 e. The Morgan fingerprint density at radius 2 is 1.78 bits per heavy atom. The third-order valence-electron chi connectivity index (χ3n) is 4.89. The lowest BCUT2D eigenvalue weighted by Gasteiger charge is -2.23. The van der Waals surface area contributed by atoms with Crippen molar-refractivity contribution in [2.45, 2.75) is 33.2 Å². The summed E-state index contributed by atoms with van der Waals surface area (Å²) in [5.74, 6) is -0.315. The van der Waals surface area contributed by atoms with E-state index >= 15 is 0 Å². The molecule has 5 nitrogen and oxygen atoms in total. The highest BCUT2D eigenvalue weighted by Gasteiger charge is 2.17. The molecule has 142 valence electrons. The molecule has 0 radical (unpaired) electrons. The summed E-state index contributed by atoms with van der Waals surface area (Å²) < 4.78 is 0. The predicted molar refractivity (Wildman–Crippen MR) is 109 cm³/mol. The molecule has 27 heavy (non-hydrogen) atoms. The van der Waals surface area contributed by atoms with E-state index in [-0.39, 0.29) is 18.4 Å². The van der Waals surface area contributed by atoms with Gasteiger partial charge in [0.2, 0.25) is 11.8 Å². The van der Waals surface area contributed by atoms with Gasteiger partial charge in [0, 0.05) is 37.9 Å². The fraction of sp³-hybridized carbons (Fsp3) is 0.364. The van der Waals surface area contributed by atoms with Crippen LogP contribution >= 0.6 is 0 Å². The molecule has 1 aliphatic heterocycles. The first-order valence-electron chi connectivity index (χ1n) is 9.48. The predicted octanol–water partition coefficient (Wildman–Crippen LogP) is 3.26. The maximum absolute atomic E-state index is 12.4. The van der Waals surface area contributed by atoms with Crippen molar-refractivity contribution in [3.05, 3.63) is 59.7 Å². The number of nitrogens with zero attached hydrogens (tertiary/aromatic N) is 2. The molecule has 0 aliphatic carbocycles. The number of aryl methyl sites for hydroxylation is 1. The van der Waals surface area contributed by atoms with Crippen LogP contribution in [0.2, 0.25) is 0 Å². The molecule has 2 aromatic carbocycles. The van der Waals surface area contributed by atoms with Crippen LogP contribution in [0.15, 0.2) is 48.5 Å². The first-order valence-corrected chi connectivity index (χ1v) is 9.48. The Labute approximate surface area is 161 Å². The fourth-order valence-corrected chi connectivity index (χ4v) is 3.43. The van der Waals surface area contributed by atoms with Gasteiger partial charge in [0.1, 0.15) is 6.54 Å². The van der Waals surface area contributed by atoms with E-state index in [0.717, 1.165) is 29.9 Å². The van der Waals surface area contributed by atoms with E-state index in [0.29, 0.717) is 6.54 Å². The molecule has 3 rings (SSSR count). The molecular weight excluding hydrogens is 338 g/mol. The van der Waals surface area contributed by atoms with E-state index in [4.69, 9.17) is 0 Å². The van der Waals surface area contributed by atoms with E-state index in [9.17, 15) is 9.59 Å². The molecule has 1 heterocycles. The van der Waals surface area contributed by atoms with Crippen molar-refractivity contribution < 1.29 is 9.59 Å². The van der Waals surface area contributed by atoms with E-state index in [2.05, 4.69) is 10.2 Å². The molecular formula is C22H27N3O2. The minimum atomic E-state index is -0.171. The topological polar surface area (TPSA) is 52.7 Å². The highest BCUT2D eigenvalue weighted by atomic mass is 16.2. The van der Waals surface area contributed by atoms with Crippen molar-refractivity contribution >= 4 is 23.2 Å². The minimum Gasteiger partial charge on any atom is -0.372 e. The standard InChI is InChI=1S/C22H27N3O2/c1-17-6-5-7-19(14-17)15-23-22(27)16-25(18(2)26)21-10-8-20(9-11-21)24-12-3-4-13-24/h5-11,14H,3-4,12-13,15-16H2,1-2H3,(H,23,27). The van der Waals surface area contributed by atoms with Gasteiger partial charge >= 0.3 is 0 Å². The van der Waals surface area contributed by atoms with Gasteiger partial charge in [0.25, 0.3) is 0 Å². The number of hydrogen-bond acceptors (Lipinski definition) is 3. The molecule has 2 amide bonds. The number of hydrogen-bond donors (Lipinski definition) is 1. The number of anilines is 2. The smallest absolute Gasteiger partial charge is 0.240 e. The van der Waals surface area contributed by atoms with E-state index in [1.165, 1.54) is 30.4 Å². The van der Waals surface area contributed by atoms with Gasteiger partial charge in [-0.25, -0.2) is 0 Å². The van der Waals surface area contributed by atoms with Crippen molar-refractivity contribution in [2.75, 3.05) is 29.4 Å². The van der Waals surface area contributed by atoms with Gasteiger partial charge in [-0.15, -0.1) is 0 Å². The summed E-state index contributed by atoms with van der Waals surface area (Å²) in [6, 6.07) is 15.9.